The Labute approximate surface area is 135 Å². The fourth-order valence-corrected chi connectivity index (χ4v) is 2.45. The van der Waals surface area contributed by atoms with Crippen molar-refractivity contribution >= 4 is 23.7 Å². The Morgan fingerprint density at radius 1 is 1.32 bits per heavy atom. The van der Waals surface area contributed by atoms with Gasteiger partial charge in [-0.05, 0) is 12.3 Å². The molecule has 0 unspecified atom stereocenters. The number of carbonyl (C=O) groups is 2. The molecule has 0 saturated carbocycles. The molecule has 0 aliphatic rings. The molecule has 124 valence electrons. The molecule has 0 aliphatic carbocycles. The molecule has 0 aromatic carbocycles. The van der Waals surface area contributed by atoms with E-state index in [-0.39, 0.29) is 23.1 Å². The number of amides is 2. The summed E-state index contributed by atoms with van der Waals surface area (Å²) in [4.78, 5) is 29.6. The van der Waals surface area contributed by atoms with Crippen molar-refractivity contribution in [3.8, 4) is 0 Å². The number of hydrogen-bond acceptors (Lipinski definition) is 5. The fraction of sp³-hybridized carbons (Fsp3) is 0.714. The van der Waals surface area contributed by atoms with Crippen LogP contribution in [-0.2, 0) is 11.2 Å². The van der Waals surface area contributed by atoms with E-state index in [0.29, 0.717) is 23.9 Å². The van der Waals surface area contributed by atoms with Crippen LogP contribution in [0.2, 0.25) is 0 Å². The molecule has 1 N–H and O–H groups in total. The van der Waals surface area contributed by atoms with E-state index in [2.05, 4.69) is 36.2 Å². The Balaban J connectivity index is 2.96. The molecule has 0 aliphatic heterocycles. The summed E-state index contributed by atoms with van der Waals surface area (Å²) in [5.74, 6) is 0.736. The van der Waals surface area contributed by atoms with E-state index in [9.17, 15) is 9.59 Å². The topological polar surface area (TPSA) is 80.1 Å². The van der Waals surface area contributed by atoms with Gasteiger partial charge in [-0.3, -0.25) is 4.79 Å². The summed E-state index contributed by atoms with van der Waals surface area (Å²) < 4.78 is 1.27. The van der Waals surface area contributed by atoms with Crippen LogP contribution in [-0.4, -0.2) is 58.0 Å². The zero-order valence-corrected chi connectivity index (χ0v) is 15.0. The van der Waals surface area contributed by atoms with Gasteiger partial charge in [-0.2, -0.15) is 4.68 Å². The summed E-state index contributed by atoms with van der Waals surface area (Å²) >= 11 is 1.22. The first-order chi connectivity index (χ1) is 10.1. The highest BCUT2D eigenvalue weighted by Crippen LogP contribution is 2.22. The minimum Gasteiger partial charge on any atom is -0.356 e. The predicted octanol–water partition coefficient (Wildman–Crippen LogP) is 1.62. The highest BCUT2D eigenvalue weighted by atomic mass is 32.2. The number of thioether (sulfide) groups is 1. The molecule has 7 nitrogen and oxygen atoms in total. The van der Waals surface area contributed by atoms with Gasteiger partial charge in [0.2, 0.25) is 5.91 Å². The van der Waals surface area contributed by atoms with Crippen LogP contribution in [0.25, 0.3) is 0 Å². The Bertz CT molecular complexity index is 534. The summed E-state index contributed by atoms with van der Waals surface area (Å²) in [6.45, 7) is 8.70. The average molecular weight is 327 g/mol. The molecule has 1 heterocycles. The predicted molar refractivity (Wildman–Crippen MR) is 87.1 cm³/mol. The zero-order valence-electron chi connectivity index (χ0n) is 14.1. The summed E-state index contributed by atoms with van der Waals surface area (Å²) in [6, 6.07) is -0.272. The van der Waals surface area contributed by atoms with Crippen LogP contribution >= 0.6 is 11.8 Å². The summed E-state index contributed by atoms with van der Waals surface area (Å²) in [7, 11) is 3.32. The van der Waals surface area contributed by atoms with Crippen molar-refractivity contribution in [2.75, 3.05) is 26.4 Å². The Kier molecular flexibility index (Phi) is 6.40. The van der Waals surface area contributed by atoms with Crippen LogP contribution in [0.15, 0.2) is 5.16 Å². The van der Waals surface area contributed by atoms with Gasteiger partial charge in [0.15, 0.2) is 11.0 Å². The third-order valence-corrected chi connectivity index (χ3v) is 3.51. The van der Waals surface area contributed by atoms with Crippen molar-refractivity contribution in [3.63, 3.8) is 0 Å². The van der Waals surface area contributed by atoms with Crippen LogP contribution in [0.1, 0.15) is 33.5 Å². The van der Waals surface area contributed by atoms with Crippen LogP contribution in [0.4, 0.5) is 4.79 Å². The zero-order chi connectivity index (χ0) is 16.9. The van der Waals surface area contributed by atoms with Gasteiger partial charge in [0.05, 0.1) is 5.75 Å². The number of nitrogens with zero attached hydrogens (tertiary/aromatic N) is 4. The smallest absolute Gasteiger partial charge is 0.346 e. The van der Waals surface area contributed by atoms with Crippen LogP contribution in [0.5, 0.6) is 0 Å². The van der Waals surface area contributed by atoms with Crippen molar-refractivity contribution in [1.82, 2.24) is 25.0 Å². The lowest BCUT2D eigenvalue weighted by molar-refractivity contribution is -0.118. The lowest BCUT2D eigenvalue weighted by Gasteiger charge is -2.14. The molecule has 0 spiro atoms. The van der Waals surface area contributed by atoms with E-state index >= 15 is 0 Å². The van der Waals surface area contributed by atoms with Gasteiger partial charge in [-0.1, -0.05) is 32.5 Å². The van der Waals surface area contributed by atoms with E-state index in [1.165, 1.54) is 21.3 Å². The monoisotopic (exact) mass is 327 g/mol. The lowest BCUT2D eigenvalue weighted by atomic mass is 9.92. The molecule has 0 atom stereocenters. The Morgan fingerprint density at radius 3 is 2.45 bits per heavy atom. The van der Waals surface area contributed by atoms with Crippen molar-refractivity contribution in [1.29, 1.82) is 0 Å². The first-order valence-corrected chi connectivity index (χ1v) is 8.19. The van der Waals surface area contributed by atoms with Crippen molar-refractivity contribution in [3.05, 3.63) is 5.82 Å². The summed E-state index contributed by atoms with van der Waals surface area (Å²) in [5, 5.41) is 7.47. The third-order valence-electron chi connectivity index (χ3n) is 2.58. The van der Waals surface area contributed by atoms with Crippen molar-refractivity contribution in [2.24, 2.45) is 5.41 Å². The van der Waals surface area contributed by atoms with E-state index < -0.39 is 0 Å². The van der Waals surface area contributed by atoms with Gasteiger partial charge in [-0.15, -0.1) is 5.10 Å². The molecule has 0 bridgehead atoms. The third kappa shape index (κ3) is 5.67. The van der Waals surface area contributed by atoms with E-state index in [1.54, 1.807) is 14.1 Å². The first kappa shape index (κ1) is 18.5. The largest absolute Gasteiger partial charge is 0.356 e. The van der Waals surface area contributed by atoms with Gasteiger partial charge in [0.25, 0.3) is 0 Å². The number of nitrogens with one attached hydrogen (secondary N) is 1. The number of carbonyl (C=O) groups excluding carboxylic acids is 2. The maximum Gasteiger partial charge on any atom is 0.346 e. The molecule has 0 radical (unpaired) electrons. The highest BCUT2D eigenvalue weighted by Gasteiger charge is 2.22. The normalized spacial score (nSPS) is 11.4. The molecular weight excluding hydrogens is 302 g/mol. The van der Waals surface area contributed by atoms with Crippen molar-refractivity contribution in [2.45, 2.75) is 39.3 Å². The molecular formula is C14H25N5O2S. The maximum absolute atomic E-state index is 12.2. The number of hydrogen-bond donors (Lipinski definition) is 1. The van der Waals surface area contributed by atoms with Gasteiger partial charge < -0.3 is 10.2 Å². The Hall–Kier alpha value is -1.57. The van der Waals surface area contributed by atoms with Crippen molar-refractivity contribution < 1.29 is 9.59 Å². The van der Waals surface area contributed by atoms with E-state index in [4.69, 9.17) is 0 Å². The van der Waals surface area contributed by atoms with Gasteiger partial charge in [-0.25, -0.2) is 9.78 Å². The van der Waals surface area contributed by atoms with Gasteiger partial charge in [0.1, 0.15) is 0 Å². The number of rotatable bonds is 5. The quantitative estimate of drug-likeness (QED) is 0.831. The standard InChI is InChI=1S/C14H25N5O2S/c1-7-15-11(20)9-22-12-16-10(8-14(2,3)4)17-19(12)13(21)18(5)6/h7-9H2,1-6H3,(H,15,20). The second-order valence-electron chi connectivity index (χ2n) is 6.38. The minimum absolute atomic E-state index is 0.0227. The molecule has 8 heteroatoms. The molecule has 22 heavy (non-hydrogen) atoms. The fourth-order valence-electron chi connectivity index (χ4n) is 1.67. The van der Waals surface area contributed by atoms with E-state index in [1.807, 2.05) is 6.92 Å². The summed E-state index contributed by atoms with van der Waals surface area (Å²) in [5.41, 5.74) is 0.0227. The van der Waals surface area contributed by atoms with Crippen LogP contribution in [0, 0.1) is 5.41 Å². The number of aromatic nitrogens is 3. The van der Waals surface area contributed by atoms with E-state index in [0.717, 1.165) is 0 Å². The highest BCUT2D eigenvalue weighted by molar-refractivity contribution is 7.99. The lowest BCUT2D eigenvalue weighted by Crippen LogP contribution is -2.29. The SMILES string of the molecule is CCNC(=O)CSc1nc(CC(C)(C)C)nn1C(=O)N(C)C. The minimum atomic E-state index is -0.272. The molecule has 1 aromatic rings. The Morgan fingerprint density at radius 2 is 1.95 bits per heavy atom. The van der Waals surface area contributed by atoms with Gasteiger partial charge >= 0.3 is 6.03 Å². The second kappa shape index (κ2) is 7.62. The molecule has 0 fully saturated rings. The molecule has 1 rings (SSSR count). The van der Waals surface area contributed by atoms with Gasteiger partial charge in [0, 0.05) is 27.1 Å². The van der Waals surface area contributed by atoms with Crippen LogP contribution < -0.4 is 5.32 Å². The maximum atomic E-state index is 12.2. The molecule has 1 aromatic heterocycles. The average Bonchev–Trinajstić information content (AvgIpc) is 2.76. The van der Waals surface area contributed by atoms with Crippen LogP contribution in [0.3, 0.4) is 0 Å². The molecule has 2 amide bonds. The second-order valence-corrected chi connectivity index (χ2v) is 7.32. The molecule has 0 saturated heterocycles. The summed E-state index contributed by atoms with van der Waals surface area (Å²) in [6.07, 6.45) is 0.662. The first-order valence-electron chi connectivity index (χ1n) is 7.21.